The summed E-state index contributed by atoms with van der Waals surface area (Å²) in [6, 6.07) is 0. The Morgan fingerprint density at radius 1 is 1.00 bits per heavy atom. The SMILES string of the molecule is CC.CCC[C@@H](C)[C@H]1CCC2C3[CH]C[C@@H]4C[CH]CC[C@]4(C)C3CC[C@@]21C.[H].[H]. The van der Waals surface area contributed by atoms with Gasteiger partial charge in [0.1, 0.15) is 0 Å². The monoisotopic (exact) mass is 360 g/mol. The van der Waals surface area contributed by atoms with Crippen molar-refractivity contribution in [2.24, 2.45) is 46.3 Å². The van der Waals surface area contributed by atoms with E-state index in [4.69, 9.17) is 0 Å². The molecule has 0 nitrogen and oxygen atoms in total. The van der Waals surface area contributed by atoms with Gasteiger partial charge in [0.25, 0.3) is 0 Å². The quantitative estimate of drug-likeness (QED) is 0.474. The van der Waals surface area contributed by atoms with Gasteiger partial charge in [-0.15, -0.1) is 0 Å². The topological polar surface area (TPSA) is 0 Å². The van der Waals surface area contributed by atoms with Crippen LogP contribution < -0.4 is 0 Å². The third-order valence-corrected chi connectivity index (χ3v) is 9.65. The highest BCUT2D eigenvalue weighted by atomic mass is 14.6. The lowest BCUT2D eigenvalue weighted by molar-refractivity contribution is -0.0870. The molecular weight excluding hydrogens is 312 g/mol. The van der Waals surface area contributed by atoms with E-state index >= 15 is 0 Å². The maximum atomic E-state index is 2.84. The summed E-state index contributed by atoms with van der Waals surface area (Å²) in [6.07, 6.45) is 20.0. The molecule has 3 unspecified atom stereocenters. The minimum Gasteiger partial charge on any atom is -0.0683 e. The summed E-state index contributed by atoms with van der Waals surface area (Å²) >= 11 is 0. The van der Waals surface area contributed by atoms with E-state index in [0.29, 0.717) is 10.8 Å². The van der Waals surface area contributed by atoms with E-state index in [2.05, 4.69) is 40.5 Å². The molecular formula is C26H48. The first-order valence-corrected chi connectivity index (χ1v) is 12.2. The zero-order chi connectivity index (χ0) is 18.9. The summed E-state index contributed by atoms with van der Waals surface area (Å²) < 4.78 is 0. The second-order valence-electron chi connectivity index (χ2n) is 10.5. The first-order chi connectivity index (χ1) is 12.5. The van der Waals surface area contributed by atoms with E-state index in [-0.39, 0.29) is 2.85 Å². The number of hydrogen-bond donors (Lipinski definition) is 0. The fourth-order valence-electron chi connectivity index (χ4n) is 8.31. The maximum absolute atomic E-state index is 2.84. The van der Waals surface area contributed by atoms with Crippen molar-refractivity contribution >= 4 is 0 Å². The molecule has 0 aliphatic heterocycles. The number of hydrogen-bond acceptors (Lipinski definition) is 0. The highest BCUT2D eigenvalue weighted by Gasteiger charge is 2.60. The third kappa shape index (κ3) is 3.20. The molecule has 0 amide bonds. The number of rotatable bonds is 3. The van der Waals surface area contributed by atoms with Crippen LogP contribution in [0.1, 0.15) is 109 Å². The minimum atomic E-state index is 0. The van der Waals surface area contributed by atoms with Crippen LogP contribution in [0.4, 0.5) is 0 Å². The minimum absolute atomic E-state index is 0. The molecule has 4 rings (SSSR count). The van der Waals surface area contributed by atoms with Gasteiger partial charge < -0.3 is 0 Å². The van der Waals surface area contributed by atoms with Gasteiger partial charge in [-0.3, -0.25) is 0 Å². The third-order valence-electron chi connectivity index (χ3n) is 9.65. The van der Waals surface area contributed by atoms with Crippen LogP contribution in [0.5, 0.6) is 0 Å². The Labute approximate surface area is 168 Å². The van der Waals surface area contributed by atoms with Crippen LogP contribution in [0, 0.1) is 59.2 Å². The highest BCUT2D eigenvalue weighted by Crippen LogP contribution is 2.68. The lowest BCUT2D eigenvalue weighted by Gasteiger charge is -2.60. The van der Waals surface area contributed by atoms with Crippen LogP contribution in [0.3, 0.4) is 0 Å². The average Bonchev–Trinajstić information content (AvgIpc) is 3.00. The molecule has 0 N–H and O–H groups in total. The van der Waals surface area contributed by atoms with Crippen molar-refractivity contribution in [2.45, 2.75) is 106 Å². The number of fused-ring (bicyclic) bond motifs is 5. The van der Waals surface area contributed by atoms with E-state index in [1.807, 2.05) is 13.8 Å². The first kappa shape index (κ1) is 20.7. The van der Waals surface area contributed by atoms with Crippen molar-refractivity contribution in [1.29, 1.82) is 0 Å². The van der Waals surface area contributed by atoms with E-state index < -0.39 is 0 Å². The van der Waals surface area contributed by atoms with E-state index in [1.165, 1.54) is 64.2 Å². The molecule has 0 heteroatoms. The maximum Gasteiger partial charge on any atom is 0 e. The first-order valence-electron chi connectivity index (χ1n) is 12.2. The van der Waals surface area contributed by atoms with Crippen LogP contribution in [-0.2, 0) is 0 Å². The zero-order valence-corrected chi connectivity index (χ0v) is 18.7. The summed E-state index contributed by atoms with van der Waals surface area (Å²) in [5.74, 6) is 5.86. The van der Waals surface area contributed by atoms with Crippen LogP contribution in [-0.4, -0.2) is 0 Å². The van der Waals surface area contributed by atoms with E-state index in [0.717, 1.165) is 35.5 Å². The summed E-state index contributed by atoms with van der Waals surface area (Å²) in [7, 11) is 0. The van der Waals surface area contributed by atoms with Gasteiger partial charge in [-0.2, -0.15) is 0 Å². The highest BCUT2D eigenvalue weighted by molar-refractivity contribution is 5.14. The predicted molar refractivity (Wildman–Crippen MR) is 117 cm³/mol. The average molecular weight is 361 g/mol. The summed E-state index contributed by atoms with van der Waals surface area (Å²) in [5, 5.41) is 0. The van der Waals surface area contributed by atoms with Crippen molar-refractivity contribution in [1.82, 2.24) is 0 Å². The summed E-state index contributed by atoms with van der Waals surface area (Å²) in [6.45, 7) is 14.3. The molecule has 4 fully saturated rings. The Kier molecular flexibility index (Phi) is 6.51. The van der Waals surface area contributed by atoms with Gasteiger partial charge in [-0.25, -0.2) is 0 Å². The molecule has 0 spiro atoms. The molecule has 0 bridgehead atoms. The molecule has 4 radical (unpaired) electrons. The normalized spacial score (nSPS) is 48.5. The molecule has 8 atom stereocenters. The van der Waals surface area contributed by atoms with E-state index in [1.54, 1.807) is 0 Å². The molecule has 0 aromatic carbocycles. The summed E-state index contributed by atoms with van der Waals surface area (Å²) in [4.78, 5) is 0. The van der Waals surface area contributed by atoms with Crippen molar-refractivity contribution in [3.8, 4) is 0 Å². The van der Waals surface area contributed by atoms with Crippen molar-refractivity contribution in [2.75, 3.05) is 0 Å². The molecule has 4 aliphatic rings. The lowest BCUT2D eigenvalue weighted by atomic mass is 9.44. The van der Waals surface area contributed by atoms with Crippen molar-refractivity contribution in [3.05, 3.63) is 12.8 Å². The molecule has 0 aromatic rings. The second kappa shape index (κ2) is 8.16. The molecule has 152 valence electrons. The van der Waals surface area contributed by atoms with Crippen LogP contribution in [0.15, 0.2) is 0 Å². The molecule has 0 saturated heterocycles. The van der Waals surface area contributed by atoms with E-state index in [9.17, 15) is 0 Å². The van der Waals surface area contributed by atoms with Gasteiger partial charge in [-0.1, -0.05) is 54.4 Å². The lowest BCUT2D eigenvalue weighted by Crippen LogP contribution is -2.53. The fraction of sp³-hybridized carbons (Fsp3) is 0.923. The van der Waals surface area contributed by atoms with Gasteiger partial charge in [-0.05, 0) is 111 Å². The van der Waals surface area contributed by atoms with Crippen molar-refractivity contribution in [3.63, 3.8) is 0 Å². The standard InChI is InChI=1S/C24H40.C2H6.2H/c1-5-8-17(2)20-12-13-21-19-11-10-18-9-6-7-15-23(18,3)22(19)14-16-24(20,21)4;1-2;;/h6,11,17-22H,5,7-10,12-16H2,1-4H3;1-2H3;;/t17-,18+,19?,20-,21?,22?,23+,24-;;;/m1.../s1. The zero-order valence-electron chi connectivity index (χ0n) is 20.7. The largest absolute Gasteiger partial charge is 0.0683 e. The Morgan fingerprint density at radius 2 is 1.73 bits per heavy atom. The second-order valence-corrected chi connectivity index (χ2v) is 10.5. The Balaban J connectivity index is 0.000000950. The Bertz CT molecular complexity index is 463. The molecule has 4 aliphatic carbocycles. The molecule has 0 aromatic heterocycles. The van der Waals surface area contributed by atoms with Crippen LogP contribution >= 0.6 is 0 Å². The molecule has 26 heavy (non-hydrogen) atoms. The molecule has 0 heterocycles. The summed E-state index contributed by atoms with van der Waals surface area (Å²) in [5.41, 5.74) is 1.30. The van der Waals surface area contributed by atoms with Gasteiger partial charge in [0, 0.05) is 2.85 Å². The fourth-order valence-corrected chi connectivity index (χ4v) is 8.31. The Morgan fingerprint density at radius 3 is 2.46 bits per heavy atom. The van der Waals surface area contributed by atoms with Gasteiger partial charge in [0.2, 0.25) is 0 Å². The predicted octanol–water partition coefficient (Wildman–Crippen LogP) is 8.35. The van der Waals surface area contributed by atoms with Crippen LogP contribution in [0.2, 0.25) is 0 Å². The van der Waals surface area contributed by atoms with Gasteiger partial charge >= 0.3 is 0 Å². The Hall–Kier alpha value is 0. The smallest absolute Gasteiger partial charge is 0 e. The van der Waals surface area contributed by atoms with Gasteiger partial charge in [0.15, 0.2) is 0 Å². The van der Waals surface area contributed by atoms with Gasteiger partial charge in [0.05, 0.1) is 0 Å². The van der Waals surface area contributed by atoms with Crippen LogP contribution in [0.25, 0.3) is 0 Å². The van der Waals surface area contributed by atoms with Crippen molar-refractivity contribution < 1.29 is 2.85 Å². The molecule has 4 saturated carbocycles.